The maximum absolute atomic E-state index is 13.3. The highest BCUT2D eigenvalue weighted by Gasteiger charge is 2.03. The Hall–Kier alpha value is -2.21. The third-order valence-electron chi connectivity index (χ3n) is 2.48. The minimum absolute atomic E-state index is 0.253. The van der Waals surface area contributed by atoms with E-state index in [2.05, 4.69) is 26.4 Å². The van der Waals surface area contributed by atoms with Gasteiger partial charge < -0.3 is 10.2 Å². The van der Waals surface area contributed by atoms with Gasteiger partial charge in [0.15, 0.2) is 6.61 Å². The summed E-state index contributed by atoms with van der Waals surface area (Å²) in [4.78, 5) is 16.4. The van der Waals surface area contributed by atoms with E-state index in [0.29, 0.717) is 11.3 Å². The van der Waals surface area contributed by atoms with Gasteiger partial charge >= 0.3 is 0 Å². The van der Waals surface area contributed by atoms with Crippen LogP contribution < -0.4 is 5.32 Å². The molecule has 0 aliphatic carbocycles. The van der Waals surface area contributed by atoms with Gasteiger partial charge in [0.1, 0.15) is 5.82 Å². The number of carbonyl (C=O) groups excluding carboxylic acids is 1. The van der Waals surface area contributed by atoms with Crippen LogP contribution in [-0.2, 0) is 9.63 Å². The molecule has 0 fully saturated rings. The molecular formula is C15H12BrFN2O2. The number of amides is 1. The predicted molar refractivity (Wildman–Crippen MR) is 82.7 cm³/mol. The molecule has 0 unspecified atom stereocenters. The average molecular weight is 351 g/mol. The first kappa shape index (κ1) is 15.2. The Morgan fingerprint density at radius 3 is 2.86 bits per heavy atom. The van der Waals surface area contributed by atoms with Crippen molar-refractivity contribution in [2.75, 3.05) is 11.9 Å². The smallest absolute Gasteiger partial charge is 0.265 e. The molecular weight excluding hydrogens is 339 g/mol. The van der Waals surface area contributed by atoms with Crippen LogP contribution in [-0.4, -0.2) is 18.7 Å². The molecule has 0 aliphatic heterocycles. The van der Waals surface area contributed by atoms with Crippen LogP contribution in [0.15, 0.2) is 58.2 Å². The number of nitrogens with one attached hydrogen (secondary N) is 1. The molecule has 0 saturated carbocycles. The molecule has 0 spiro atoms. The minimum atomic E-state index is -0.400. The van der Waals surface area contributed by atoms with Crippen LogP contribution in [0.2, 0.25) is 0 Å². The van der Waals surface area contributed by atoms with E-state index in [1.807, 2.05) is 6.07 Å². The van der Waals surface area contributed by atoms with Gasteiger partial charge in [-0.1, -0.05) is 45.4 Å². The van der Waals surface area contributed by atoms with E-state index in [9.17, 15) is 9.18 Å². The highest BCUT2D eigenvalue weighted by molar-refractivity contribution is 9.10. The number of oxime groups is 1. The van der Waals surface area contributed by atoms with Crippen LogP contribution in [0.25, 0.3) is 0 Å². The lowest BCUT2D eigenvalue weighted by atomic mass is 10.2. The molecule has 0 aromatic heterocycles. The zero-order chi connectivity index (χ0) is 15.1. The highest BCUT2D eigenvalue weighted by Crippen LogP contribution is 2.15. The molecule has 0 bridgehead atoms. The van der Waals surface area contributed by atoms with Gasteiger partial charge in [-0.3, -0.25) is 4.79 Å². The van der Waals surface area contributed by atoms with E-state index in [1.54, 1.807) is 36.4 Å². The Morgan fingerprint density at radius 1 is 1.29 bits per heavy atom. The Labute approximate surface area is 129 Å². The fourth-order valence-electron chi connectivity index (χ4n) is 1.53. The number of nitrogens with zero attached hydrogens (tertiary/aromatic N) is 1. The molecule has 2 rings (SSSR count). The summed E-state index contributed by atoms with van der Waals surface area (Å²) < 4.78 is 14.1. The number of hydrogen-bond donors (Lipinski definition) is 1. The predicted octanol–water partition coefficient (Wildman–Crippen LogP) is 3.58. The molecule has 0 saturated heterocycles. The van der Waals surface area contributed by atoms with Crippen molar-refractivity contribution in [2.24, 2.45) is 5.16 Å². The zero-order valence-corrected chi connectivity index (χ0v) is 12.5. The maximum Gasteiger partial charge on any atom is 0.265 e. The lowest BCUT2D eigenvalue weighted by Crippen LogP contribution is -2.16. The van der Waals surface area contributed by atoms with Crippen LogP contribution in [0.1, 0.15) is 5.56 Å². The van der Waals surface area contributed by atoms with Gasteiger partial charge in [0, 0.05) is 15.7 Å². The summed E-state index contributed by atoms with van der Waals surface area (Å²) in [5.41, 5.74) is 0.945. The number of hydrogen-bond acceptors (Lipinski definition) is 3. The van der Waals surface area contributed by atoms with E-state index in [0.717, 1.165) is 4.47 Å². The maximum atomic E-state index is 13.3. The van der Waals surface area contributed by atoms with E-state index in [-0.39, 0.29) is 12.5 Å². The number of benzene rings is 2. The summed E-state index contributed by atoms with van der Waals surface area (Å²) in [6.07, 6.45) is 1.22. The van der Waals surface area contributed by atoms with E-state index < -0.39 is 5.82 Å². The molecule has 2 aromatic rings. The zero-order valence-electron chi connectivity index (χ0n) is 10.9. The second-order valence-electron chi connectivity index (χ2n) is 4.09. The summed E-state index contributed by atoms with van der Waals surface area (Å²) in [7, 11) is 0. The van der Waals surface area contributed by atoms with Crippen LogP contribution in [0, 0.1) is 5.82 Å². The van der Waals surface area contributed by atoms with Crippen molar-refractivity contribution in [1.29, 1.82) is 0 Å². The minimum Gasteiger partial charge on any atom is -0.386 e. The molecule has 0 aliphatic rings. The molecule has 6 heteroatoms. The molecule has 4 nitrogen and oxygen atoms in total. The second-order valence-corrected chi connectivity index (χ2v) is 5.00. The highest BCUT2D eigenvalue weighted by atomic mass is 79.9. The average Bonchev–Trinajstić information content (AvgIpc) is 2.45. The van der Waals surface area contributed by atoms with Gasteiger partial charge in [-0.25, -0.2) is 4.39 Å². The van der Waals surface area contributed by atoms with Crippen LogP contribution in [0.3, 0.4) is 0 Å². The lowest BCUT2D eigenvalue weighted by Gasteiger charge is -2.04. The summed E-state index contributed by atoms with van der Waals surface area (Å²) >= 11 is 3.31. The van der Waals surface area contributed by atoms with Gasteiger partial charge in [-0.2, -0.15) is 0 Å². The van der Waals surface area contributed by atoms with Gasteiger partial charge in [-0.15, -0.1) is 0 Å². The van der Waals surface area contributed by atoms with Crippen molar-refractivity contribution in [3.63, 3.8) is 0 Å². The number of rotatable bonds is 5. The Kier molecular flexibility index (Phi) is 5.45. The normalized spacial score (nSPS) is 10.6. The number of anilines is 1. The van der Waals surface area contributed by atoms with Crippen molar-refractivity contribution in [3.05, 3.63) is 64.4 Å². The van der Waals surface area contributed by atoms with Gasteiger partial charge in [0.05, 0.1) is 6.21 Å². The summed E-state index contributed by atoms with van der Waals surface area (Å²) in [6, 6.07) is 13.3. The van der Waals surface area contributed by atoms with E-state index in [4.69, 9.17) is 4.84 Å². The van der Waals surface area contributed by atoms with Gasteiger partial charge in [0.25, 0.3) is 5.91 Å². The summed E-state index contributed by atoms with van der Waals surface area (Å²) in [5, 5.41) is 6.22. The molecule has 1 amide bonds. The molecule has 1 N–H and O–H groups in total. The Balaban J connectivity index is 1.81. The van der Waals surface area contributed by atoms with Crippen LogP contribution >= 0.6 is 15.9 Å². The lowest BCUT2D eigenvalue weighted by molar-refractivity contribution is -0.120. The van der Waals surface area contributed by atoms with Crippen molar-refractivity contribution in [1.82, 2.24) is 0 Å². The fourth-order valence-corrected chi connectivity index (χ4v) is 1.93. The fraction of sp³-hybridized carbons (Fsp3) is 0.0667. The van der Waals surface area contributed by atoms with Crippen LogP contribution in [0.5, 0.6) is 0 Å². The summed E-state index contributed by atoms with van der Waals surface area (Å²) in [5.74, 6) is -0.748. The first-order valence-corrected chi connectivity index (χ1v) is 6.90. The van der Waals surface area contributed by atoms with E-state index >= 15 is 0 Å². The molecule has 0 radical (unpaired) electrons. The Bertz CT molecular complexity index is 662. The third kappa shape index (κ3) is 5.00. The van der Waals surface area contributed by atoms with Crippen molar-refractivity contribution in [2.45, 2.75) is 0 Å². The molecule has 21 heavy (non-hydrogen) atoms. The van der Waals surface area contributed by atoms with Crippen molar-refractivity contribution < 1.29 is 14.0 Å². The number of halogens is 2. The summed E-state index contributed by atoms with van der Waals surface area (Å²) in [6.45, 7) is -0.253. The molecule has 0 atom stereocenters. The monoisotopic (exact) mass is 350 g/mol. The van der Waals surface area contributed by atoms with E-state index in [1.165, 1.54) is 12.3 Å². The number of carbonyl (C=O) groups is 1. The third-order valence-corrected chi connectivity index (χ3v) is 2.97. The molecule has 0 heterocycles. The second kappa shape index (κ2) is 7.54. The first-order valence-electron chi connectivity index (χ1n) is 6.10. The van der Waals surface area contributed by atoms with Crippen molar-refractivity contribution >= 4 is 33.7 Å². The molecule has 2 aromatic carbocycles. The van der Waals surface area contributed by atoms with Crippen molar-refractivity contribution in [3.8, 4) is 0 Å². The first-order chi connectivity index (χ1) is 10.1. The van der Waals surface area contributed by atoms with Gasteiger partial charge in [-0.05, 0) is 24.3 Å². The SMILES string of the molecule is O=C(CO/N=C\c1ccccc1F)Nc1cccc(Br)c1. The largest absolute Gasteiger partial charge is 0.386 e. The molecule has 108 valence electrons. The Morgan fingerprint density at radius 2 is 2.10 bits per heavy atom. The van der Waals surface area contributed by atoms with Gasteiger partial charge in [0.2, 0.25) is 0 Å². The standard InChI is InChI=1S/C15H12BrFN2O2/c16-12-5-3-6-13(8-12)19-15(20)10-21-18-9-11-4-1-2-7-14(11)17/h1-9H,10H2,(H,19,20)/b18-9-. The quantitative estimate of drug-likeness (QED) is 0.661. The topological polar surface area (TPSA) is 50.7 Å². The van der Waals surface area contributed by atoms with Crippen LogP contribution in [0.4, 0.5) is 10.1 Å².